The molecule has 0 aliphatic carbocycles. The van der Waals surface area contributed by atoms with Gasteiger partial charge in [-0.3, -0.25) is 9.59 Å². The van der Waals surface area contributed by atoms with E-state index in [1.807, 2.05) is 13.8 Å². The van der Waals surface area contributed by atoms with Crippen LogP contribution in [0.2, 0.25) is 0 Å². The molecular formula is C19H26N4O4. The molecule has 1 amide bonds. The summed E-state index contributed by atoms with van der Waals surface area (Å²) in [6.45, 7) is 5.04. The van der Waals surface area contributed by atoms with Gasteiger partial charge in [0.15, 0.2) is 5.82 Å². The number of aromatic nitrogens is 3. The van der Waals surface area contributed by atoms with Crippen molar-refractivity contribution in [1.29, 1.82) is 0 Å². The number of piperidine rings is 1. The Morgan fingerprint density at radius 3 is 2.96 bits per heavy atom. The van der Waals surface area contributed by atoms with E-state index in [2.05, 4.69) is 15.1 Å². The van der Waals surface area contributed by atoms with E-state index >= 15 is 0 Å². The van der Waals surface area contributed by atoms with Gasteiger partial charge < -0.3 is 19.1 Å². The summed E-state index contributed by atoms with van der Waals surface area (Å²) in [5, 5.41) is 4.00. The lowest BCUT2D eigenvalue weighted by Crippen LogP contribution is -2.39. The van der Waals surface area contributed by atoms with Crippen molar-refractivity contribution in [2.45, 2.75) is 51.5 Å². The molecular weight excluding hydrogens is 348 g/mol. The molecule has 2 aromatic heterocycles. The normalized spacial score (nSPS) is 17.5. The highest BCUT2D eigenvalue weighted by Gasteiger charge is 2.33. The van der Waals surface area contributed by atoms with Crippen LogP contribution in [0.1, 0.15) is 72.8 Å². The maximum Gasteiger partial charge on any atom is 0.256 e. The van der Waals surface area contributed by atoms with Gasteiger partial charge in [-0.05, 0) is 31.2 Å². The van der Waals surface area contributed by atoms with E-state index in [-0.39, 0.29) is 23.4 Å². The number of pyridine rings is 1. The number of nitrogens with zero attached hydrogens (tertiary/aromatic N) is 3. The van der Waals surface area contributed by atoms with E-state index in [4.69, 9.17) is 9.26 Å². The predicted molar refractivity (Wildman–Crippen MR) is 98.7 cm³/mol. The van der Waals surface area contributed by atoms with Gasteiger partial charge >= 0.3 is 0 Å². The topological polar surface area (TPSA) is 101 Å². The van der Waals surface area contributed by atoms with Gasteiger partial charge in [0.05, 0.1) is 12.2 Å². The second kappa shape index (κ2) is 8.47. The Morgan fingerprint density at radius 1 is 1.41 bits per heavy atom. The first kappa shape index (κ1) is 19.3. The number of carbonyl (C=O) groups excluding carboxylic acids is 1. The summed E-state index contributed by atoms with van der Waals surface area (Å²) in [4.78, 5) is 34.0. The zero-order valence-electron chi connectivity index (χ0n) is 16.0. The number of hydrogen-bond acceptors (Lipinski definition) is 6. The lowest BCUT2D eigenvalue weighted by molar-refractivity contribution is 0.0559. The number of nitrogens with one attached hydrogen (secondary N) is 1. The minimum Gasteiger partial charge on any atom is -0.384 e. The van der Waals surface area contributed by atoms with Gasteiger partial charge in [-0.15, -0.1) is 0 Å². The standard InChI is InChI=1S/C19H26N4O4/c1-12(2)17-13(7-8-16(24)21-17)19(25)23-10-5-4-6-14(23)18-20-15(22-27-18)9-11-26-3/h7-8,12,14H,4-6,9-11H2,1-3H3,(H,21,24). The first-order chi connectivity index (χ1) is 13.0. The fourth-order valence-corrected chi connectivity index (χ4v) is 3.42. The van der Waals surface area contributed by atoms with Crippen LogP contribution < -0.4 is 5.56 Å². The highest BCUT2D eigenvalue weighted by atomic mass is 16.5. The van der Waals surface area contributed by atoms with Crippen molar-refractivity contribution < 1.29 is 14.1 Å². The number of amides is 1. The average molecular weight is 374 g/mol. The van der Waals surface area contributed by atoms with Crippen LogP contribution in [0.3, 0.4) is 0 Å². The van der Waals surface area contributed by atoms with Gasteiger partial charge in [-0.2, -0.15) is 4.98 Å². The summed E-state index contributed by atoms with van der Waals surface area (Å²) in [5.41, 5.74) is 0.976. The number of carbonyl (C=O) groups is 1. The SMILES string of the molecule is COCCc1noc(C2CCCCN2C(=O)c2ccc(=O)[nH]c2C(C)C)n1. The summed E-state index contributed by atoms with van der Waals surface area (Å²) < 4.78 is 10.5. The van der Waals surface area contributed by atoms with Crippen molar-refractivity contribution in [2.75, 3.05) is 20.3 Å². The summed E-state index contributed by atoms with van der Waals surface area (Å²) in [5.74, 6) is 0.961. The number of H-pyrrole nitrogens is 1. The summed E-state index contributed by atoms with van der Waals surface area (Å²) in [7, 11) is 1.62. The smallest absolute Gasteiger partial charge is 0.256 e. The van der Waals surface area contributed by atoms with Crippen molar-refractivity contribution >= 4 is 5.91 Å². The van der Waals surface area contributed by atoms with E-state index in [9.17, 15) is 9.59 Å². The highest BCUT2D eigenvalue weighted by Crippen LogP contribution is 2.32. The number of likely N-dealkylation sites (tertiary alicyclic amines) is 1. The number of hydrogen-bond donors (Lipinski definition) is 1. The third kappa shape index (κ3) is 4.27. The van der Waals surface area contributed by atoms with Gasteiger partial charge in [0.1, 0.15) is 6.04 Å². The number of aromatic amines is 1. The molecule has 2 aromatic rings. The molecule has 3 heterocycles. The Kier molecular flexibility index (Phi) is 6.05. The van der Waals surface area contributed by atoms with E-state index in [0.29, 0.717) is 42.5 Å². The van der Waals surface area contributed by atoms with Crippen molar-refractivity contribution in [3.05, 3.63) is 45.5 Å². The van der Waals surface area contributed by atoms with Gasteiger partial charge in [-0.25, -0.2) is 0 Å². The zero-order chi connectivity index (χ0) is 19.4. The molecule has 1 N–H and O–H groups in total. The average Bonchev–Trinajstić information content (AvgIpc) is 3.14. The summed E-state index contributed by atoms with van der Waals surface area (Å²) >= 11 is 0. The van der Waals surface area contributed by atoms with Crippen LogP contribution in [0.4, 0.5) is 0 Å². The summed E-state index contributed by atoms with van der Waals surface area (Å²) in [6.07, 6.45) is 3.26. The summed E-state index contributed by atoms with van der Waals surface area (Å²) in [6, 6.07) is 2.76. The third-order valence-electron chi connectivity index (χ3n) is 4.82. The van der Waals surface area contributed by atoms with E-state index in [1.165, 1.54) is 6.07 Å². The van der Waals surface area contributed by atoms with Crippen molar-refractivity contribution in [3.63, 3.8) is 0 Å². The Bertz CT molecular complexity index is 842. The maximum atomic E-state index is 13.3. The highest BCUT2D eigenvalue weighted by molar-refractivity contribution is 5.95. The molecule has 0 bridgehead atoms. The molecule has 1 saturated heterocycles. The molecule has 0 saturated carbocycles. The first-order valence-electron chi connectivity index (χ1n) is 9.37. The maximum absolute atomic E-state index is 13.3. The molecule has 1 unspecified atom stereocenters. The van der Waals surface area contributed by atoms with Crippen LogP contribution in [-0.2, 0) is 11.2 Å². The Balaban J connectivity index is 1.88. The van der Waals surface area contributed by atoms with Crippen LogP contribution in [0, 0.1) is 0 Å². The molecule has 3 rings (SSSR count). The lowest BCUT2D eigenvalue weighted by atomic mass is 9.98. The molecule has 0 radical (unpaired) electrons. The molecule has 8 heteroatoms. The lowest BCUT2D eigenvalue weighted by Gasteiger charge is -2.34. The van der Waals surface area contributed by atoms with Gasteiger partial charge in [0, 0.05) is 31.8 Å². The van der Waals surface area contributed by atoms with E-state index < -0.39 is 0 Å². The molecule has 1 aliphatic heterocycles. The minimum absolute atomic E-state index is 0.0325. The molecule has 0 aromatic carbocycles. The third-order valence-corrected chi connectivity index (χ3v) is 4.82. The number of ether oxygens (including phenoxy) is 1. The fourth-order valence-electron chi connectivity index (χ4n) is 3.42. The molecule has 1 aliphatic rings. The van der Waals surface area contributed by atoms with Crippen LogP contribution in [0.5, 0.6) is 0 Å². The first-order valence-corrected chi connectivity index (χ1v) is 9.37. The molecule has 1 fully saturated rings. The number of rotatable bonds is 6. The Labute approximate surface area is 157 Å². The van der Waals surface area contributed by atoms with E-state index in [0.717, 1.165) is 19.3 Å². The molecule has 8 nitrogen and oxygen atoms in total. The molecule has 27 heavy (non-hydrogen) atoms. The van der Waals surface area contributed by atoms with Gasteiger partial charge in [0.25, 0.3) is 5.91 Å². The van der Waals surface area contributed by atoms with Crippen molar-refractivity contribution in [2.24, 2.45) is 0 Å². The van der Waals surface area contributed by atoms with Crippen LogP contribution in [0.25, 0.3) is 0 Å². The number of methoxy groups -OCH3 is 1. The minimum atomic E-state index is -0.248. The van der Waals surface area contributed by atoms with Gasteiger partial charge in [0.2, 0.25) is 11.4 Å². The zero-order valence-corrected chi connectivity index (χ0v) is 16.0. The monoisotopic (exact) mass is 374 g/mol. The van der Waals surface area contributed by atoms with Crippen LogP contribution in [0.15, 0.2) is 21.5 Å². The molecule has 146 valence electrons. The largest absolute Gasteiger partial charge is 0.384 e. The van der Waals surface area contributed by atoms with Crippen molar-refractivity contribution in [3.8, 4) is 0 Å². The quantitative estimate of drug-likeness (QED) is 0.833. The fraction of sp³-hybridized carbons (Fsp3) is 0.579. The van der Waals surface area contributed by atoms with E-state index in [1.54, 1.807) is 18.1 Å². The second-order valence-corrected chi connectivity index (χ2v) is 7.11. The van der Waals surface area contributed by atoms with Gasteiger partial charge in [-0.1, -0.05) is 19.0 Å². The molecule has 1 atom stereocenters. The second-order valence-electron chi connectivity index (χ2n) is 7.11. The molecule has 0 spiro atoms. The van der Waals surface area contributed by atoms with Crippen LogP contribution >= 0.6 is 0 Å². The Hall–Kier alpha value is -2.48. The van der Waals surface area contributed by atoms with Crippen molar-refractivity contribution in [1.82, 2.24) is 20.0 Å². The Morgan fingerprint density at radius 2 is 2.22 bits per heavy atom. The van der Waals surface area contributed by atoms with Crippen LogP contribution in [-0.4, -0.2) is 46.2 Å². The predicted octanol–water partition coefficient (Wildman–Crippen LogP) is 2.44.